The van der Waals surface area contributed by atoms with E-state index in [1.165, 1.54) is 35.1 Å². The fourth-order valence-electron chi connectivity index (χ4n) is 4.42. The molecule has 1 aliphatic rings. The van der Waals surface area contributed by atoms with Crippen molar-refractivity contribution >= 4 is 11.5 Å². The second-order valence-corrected chi connectivity index (χ2v) is 9.39. The van der Waals surface area contributed by atoms with E-state index in [1.54, 1.807) is 6.08 Å². The fraction of sp³-hybridized carbons (Fsp3) is 0.423. The summed E-state index contributed by atoms with van der Waals surface area (Å²) in [7, 11) is 0. The predicted molar refractivity (Wildman–Crippen MR) is 118 cm³/mol. The van der Waals surface area contributed by atoms with Crippen molar-refractivity contribution in [2.45, 2.75) is 71.6 Å². The van der Waals surface area contributed by atoms with Gasteiger partial charge in [0.2, 0.25) is 0 Å². The normalized spacial score (nSPS) is 17.9. The highest BCUT2D eigenvalue weighted by molar-refractivity contribution is 6.15. The number of aryl methyl sites for hydroxylation is 1. The van der Waals surface area contributed by atoms with E-state index in [-0.39, 0.29) is 10.8 Å². The van der Waals surface area contributed by atoms with Crippen molar-refractivity contribution < 1.29 is 9.90 Å². The van der Waals surface area contributed by atoms with Crippen LogP contribution in [-0.2, 0) is 15.6 Å². The van der Waals surface area contributed by atoms with Crippen LogP contribution in [0.5, 0.6) is 0 Å². The van der Waals surface area contributed by atoms with Crippen molar-refractivity contribution in [1.82, 2.24) is 0 Å². The van der Waals surface area contributed by atoms with Crippen LogP contribution in [0.3, 0.4) is 0 Å². The number of carbonyl (C=O) groups is 1. The van der Waals surface area contributed by atoms with Crippen molar-refractivity contribution in [3.63, 3.8) is 0 Å². The highest BCUT2D eigenvalue weighted by Crippen LogP contribution is 2.47. The van der Waals surface area contributed by atoms with Gasteiger partial charge in [0.15, 0.2) is 0 Å². The van der Waals surface area contributed by atoms with Crippen LogP contribution in [-0.4, -0.2) is 11.1 Å². The Kier molecular flexibility index (Phi) is 5.27. The molecule has 0 spiro atoms. The highest BCUT2D eigenvalue weighted by Gasteiger charge is 2.37. The molecule has 0 aliphatic heterocycles. The smallest absolute Gasteiger partial charge is 0.335 e. The number of rotatable bonds is 4. The number of fused-ring (bicyclic) bond motifs is 1. The zero-order valence-electron chi connectivity index (χ0n) is 18.0. The summed E-state index contributed by atoms with van der Waals surface area (Å²) in [5.74, 6) is -0.871. The van der Waals surface area contributed by atoms with E-state index in [4.69, 9.17) is 0 Å². The number of benzene rings is 2. The maximum absolute atomic E-state index is 11.7. The molecular formula is C26H32O2. The van der Waals surface area contributed by atoms with Crippen molar-refractivity contribution in [1.29, 1.82) is 0 Å². The lowest BCUT2D eigenvalue weighted by Gasteiger charge is -2.42. The molecule has 2 nitrogen and oxygen atoms in total. The van der Waals surface area contributed by atoms with Crippen LogP contribution in [0.25, 0.3) is 16.7 Å². The third-order valence-electron chi connectivity index (χ3n) is 6.32. The number of allylic oxidation sites excluding steroid dienone is 1. The summed E-state index contributed by atoms with van der Waals surface area (Å²) in [5, 5.41) is 9.59. The first-order chi connectivity index (χ1) is 13.1. The Bertz CT molecular complexity index is 945. The minimum atomic E-state index is -0.871. The molecule has 0 atom stereocenters. The average molecular weight is 377 g/mol. The van der Waals surface area contributed by atoms with E-state index in [0.717, 1.165) is 11.1 Å². The molecule has 2 aromatic rings. The Hall–Kier alpha value is -2.35. The van der Waals surface area contributed by atoms with E-state index in [1.807, 2.05) is 25.1 Å². The van der Waals surface area contributed by atoms with Crippen LogP contribution in [0.15, 0.2) is 42.5 Å². The monoisotopic (exact) mass is 376 g/mol. The van der Waals surface area contributed by atoms with Gasteiger partial charge in [-0.2, -0.15) is 0 Å². The summed E-state index contributed by atoms with van der Waals surface area (Å²) in [5.41, 5.74) is 7.90. The van der Waals surface area contributed by atoms with E-state index < -0.39 is 5.97 Å². The average Bonchev–Trinajstić information content (AvgIpc) is 2.63. The summed E-state index contributed by atoms with van der Waals surface area (Å²) >= 11 is 0. The first-order valence-electron chi connectivity index (χ1n) is 10.3. The van der Waals surface area contributed by atoms with Crippen molar-refractivity contribution in [2.75, 3.05) is 0 Å². The molecule has 1 aliphatic carbocycles. The van der Waals surface area contributed by atoms with Crippen LogP contribution in [0.1, 0.15) is 76.1 Å². The van der Waals surface area contributed by atoms with Crippen molar-refractivity contribution in [3.8, 4) is 11.1 Å². The zero-order valence-corrected chi connectivity index (χ0v) is 18.0. The standard InChI is InChI=1S/C26H32O2/c1-7-9-20(24(27)28)18-10-8-11-19(15-18)21-16-23-22(14-17(21)2)25(3,4)12-13-26(23,5)6/h8-11,14-16H,7,12-13H2,1-6H3,(H,27,28). The third kappa shape index (κ3) is 3.65. The SMILES string of the molecule is CCC=C(C(=O)O)c1cccc(-c2cc3c(cc2C)C(C)(C)CCC3(C)C)c1. The van der Waals surface area contributed by atoms with Crippen molar-refractivity contribution in [3.05, 3.63) is 64.7 Å². The maximum atomic E-state index is 11.7. The van der Waals surface area contributed by atoms with Crippen LogP contribution in [0, 0.1) is 6.92 Å². The van der Waals surface area contributed by atoms with Crippen molar-refractivity contribution in [2.24, 2.45) is 0 Å². The molecule has 2 heteroatoms. The Morgan fingerprint density at radius 1 is 1.04 bits per heavy atom. The predicted octanol–water partition coefficient (Wildman–Crippen LogP) is 6.89. The molecule has 0 unspecified atom stereocenters. The van der Waals surface area contributed by atoms with Gasteiger partial charge in [0, 0.05) is 0 Å². The van der Waals surface area contributed by atoms with E-state index in [9.17, 15) is 9.90 Å². The lowest BCUT2D eigenvalue weighted by atomic mass is 9.62. The van der Waals surface area contributed by atoms with Gasteiger partial charge >= 0.3 is 5.97 Å². The van der Waals surface area contributed by atoms with E-state index >= 15 is 0 Å². The number of carboxylic acid groups (broad SMARTS) is 1. The van der Waals surface area contributed by atoms with Crippen LogP contribution in [0.2, 0.25) is 0 Å². The number of carboxylic acids is 1. The van der Waals surface area contributed by atoms with Gasteiger partial charge in [0.25, 0.3) is 0 Å². The van der Waals surface area contributed by atoms with Gasteiger partial charge < -0.3 is 5.11 Å². The van der Waals surface area contributed by atoms with Crippen LogP contribution >= 0.6 is 0 Å². The Labute approximate surface area is 169 Å². The molecule has 28 heavy (non-hydrogen) atoms. The largest absolute Gasteiger partial charge is 0.478 e. The molecule has 0 aromatic heterocycles. The summed E-state index contributed by atoms with van der Waals surface area (Å²) in [6, 6.07) is 12.7. The molecule has 148 valence electrons. The molecular weight excluding hydrogens is 344 g/mol. The number of aliphatic carboxylic acids is 1. The van der Waals surface area contributed by atoms with Gasteiger partial charge in [-0.3, -0.25) is 0 Å². The van der Waals surface area contributed by atoms with Gasteiger partial charge in [-0.25, -0.2) is 4.79 Å². The minimum Gasteiger partial charge on any atom is -0.478 e. The quantitative estimate of drug-likeness (QED) is 0.590. The minimum absolute atomic E-state index is 0.152. The van der Waals surface area contributed by atoms with Gasteiger partial charge in [0.1, 0.15) is 0 Å². The lowest BCUT2D eigenvalue weighted by Crippen LogP contribution is -2.34. The van der Waals surface area contributed by atoms with Gasteiger partial charge in [-0.15, -0.1) is 0 Å². The Balaban J connectivity index is 2.17. The van der Waals surface area contributed by atoms with Crippen LogP contribution < -0.4 is 0 Å². The summed E-state index contributed by atoms with van der Waals surface area (Å²) in [6.45, 7) is 13.5. The molecule has 0 saturated heterocycles. The molecule has 3 rings (SSSR count). The number of hydrogen-bond donors (Lipinski definition) is 1. The van der Waals surface area contributed by atoms with E-state index in [0.29, 0.717) is 12.0 Å². The first kappa shape index (κ1) is 20.4. The van der Waals surface area contributed by atoms with Gasteiger partial charge in [-0.05, 0) is 76.5 Å². The molecule has 0 bridgehead atoms. The molecule has 0 saturated carbocycles. The topological polar surface area (TPSA) is 37.3 Å². The zero-order chi connectivity index (χ0) is 20.7. The molecule has 0 amide bonds. The molecule has 0 fully saturated rings. The Morgan fingerprint density at radius 2 is 1.64 bits per heavy atom. The summed E-state index contributed by atoms with van der Waals surface area (Å²) < 4.78 is 0. The molecule has 1 N–H and O–H groups in total. The molecule has 2 aromatic carbocycles. The summed E-state index contributed by atoms with van der Waals surface area (Å²) in [4.78, 5) is 11.7. The summed E-state index contributed by atoms with van der Waals surface area (Å²) in [6.07, 6.45) is 4.86. The second kappa shape index (κ2) is 7.24. The van der Waals surface area contributed by atoms with E-state index in [2.05, 4.69) is 52.8 Å². The fourth-order valence-corrected chi connectivity index (χ4v) is 4.42. The third-order valence-corrected chi connectivity index (χ3v) is 6.32. The van der Waals surface area contributed by atoms with Gasteiger partial charge in [-0.1, -0.05) is 71.0 Å². The molecule has 0 radical (unpaired) electrons. The highest BCUT2D eigenvalue weighted by atomic mass is 16.4. The number of hydrogen-bond acceptors (Lipinski definition) is 1. The lowest BCUT2D eigenvalue weighted by molar-refractivity contribution is -0.130. The molecule has 0 heterocycles. The Morgan fingerprint density at radius 3 is 2.21 bits per heavy atom. The van der Waals surface area contributed by atoms with Gasteiger partial charge in [0.05, 0.1) is 5.57 Å². The first-order valence-corrected chi connectivity index (χ1v) is 10.3. The second-order valence-electron chi connectivity index (χ2n) is 9.39. The maximum Gasteiger partial charge on any atom is 0.335 e. The van der Waals surface area contributed by atoms with Crippen LogP contribution in [0.4, 0.5) is 0 Å².